The van der Waals surface area contributed by atoms with Crippen LogP contribution in [0.25, 0.3) is 0 Å². The molecule has 3 aromatic rings. The largest absolute Gasteiger partial charge is 0.376 e. The lowest BCUT2D eigenvalue weighted by molar-refractivity contribution is -0.114. The maximum atomic E-state index is 12.0. The summed E-state index contributed by atoms with van der Waals surface area (Å²) >= 11 is 1.38. The van der Waals surface area contributed by atoms with Gasteiger partial charge in [0.25, 0.3) is 5.91 Å². The molecule has 0 bridgehead atoms. The van der Waals surface area contributed by atoms with Crippen molar-refractivity contribution in [3.05, 3.63) is 76.5 Å². The first-order valence-corrected chi connectivity index (χ1v) is 9.01. The Bertz CT molecular complexity index is 959. The maximum Gasteiger partial charge on any atom is 0.265 e. The molecule has 7 heteroatoms. The van der Waals surface area contributed by atoms with E-state index >= 15 is 0 Å². The van der Waals surface area contributed by atoms with Crippen LogP contribution in [0.5, 0.6) is 0 Å². The van der Waals surface area contributed by atoms with Crippen LogP contribution in [0.2, 0.25) is 0 Å². The summed E-state index contributed by atoms with van der Waals surface area (Å²) in [7, 11) is 0. The van der Waals surface area contributed by atoms with Gasteiger partial charge in [-0.05, 0) is 60.0 Å². The van der Waals surface area contributed by atoms with Crippen molar-refractivity contribution in [3.63, 3.8) is 0 Å². The van der Waals surface area contributed by atoms with Crippen molar-refractivity contribution >= 4 is 40.2 Å². The molecule has 0 aliphatic carbocycles. The molecule has 3 N–H and O–H groups in total. The number of hydrogen-bond donors (Lipinski definition) is 3. The first kappa shape index (κ1) is 18.2. The second-order valence-corrected chi connectivity index (χ2v) is 6.55. The van der Waals surface area contributed by atoms with Gasteiger partial charge in [-0.1, -0.05) is 6.07 Å². The summed E-state index contributed by atoms with van der Waals surface area (Å²) in [6.07, 6.45) is 0. The topological polar surface area (TPSA) is 94.0 Å². The molecule has 0 saturated heterocycles. The third-order valence-electron chi connectivity index (χ3n) is 3.64. The fourth-order valence-corrected chi connectivity index (χ4v) is 2.91. The van der Waals surface area contributed by atoms with E-state index in [0.717, 1.165) is 5.69 Å². The molecular weight excluding hydrogens is 360 g/mol. The number of anilines is 3. The van der Waals surface area contributed by atoms with Crippen molar-refractivity contribution in [2.75, 3.05) is 22.5 Å². The number of hydrogen-bond acceptors (Lipinski definition) is 5. The summed E-state index contributed by atoms with van der Waals surface area (Å²) < 4.78 is 0. The van der Waals surface area contributed by atoms with Gasteiger partial charge in [0.05, 0.1) is 23.1 Å². The summed E-state index contributed by atoms with van der Waals surface area (Å²) in [5.41, 5.74) is 2.62. The van der Waals surface area contributed by atoms with E-state index in [1.807, 2.05) is 17.5 Å². The number of benzene rings is 2. The molecule has 0 fully saturated rings. The molecule has 1 heterocycles. The molecule has 3 rings (SSSR count). The smallest absolute Gasteiger partial charge is 0.265 e. The minimum absolute atomic E-state index is 0.1000. The van der Waals surface area contributed by atoms with Crippen LogP contribution in [0.1, 0.15) is 15.2 Å². The first-order valence-electron chi connectivity index (χ1n) is 8.13. The molecule has 0 atom stereocenters. The van der Waals surface area contributed by atoms with E-state index in [2.05, 4.69) is 16.0 Å². The van der Waals surface area contributed by atoms with Gasteiger partial charge in [0.1, 0.15) is 0 Å². The van der Waals surface area contributed by atoms with Crippen molar-refractivity contribution in [3.8, 4) is 6.07 Å². The van der Waals surface area contributed by atoms with E-state index < -0.39 is 0 Å². The van der Waals surface area contributed by atoms with E-state index in [1.54, 1.807) is 54.6 Å². The van der Waals surface area contributed by atoms with Gasteiger partial charge in [-0.15, -0.1) is 11.3 Å². The Morgan fingerprint density at radius 2 is 1.52 bits per heavy atom. The van der Waals surface area contributed by atoms with Gasteiger partial charge in [-0.3, -0.25) is 9.59 Å². The highest BCUT2D eigenvalue weighted by molar-refractivity contribution is 7.12. The van der Waals surface area contributed by atoms with Gasteiger partial charge < -0.3 is 16.0 Å². The number of carbonyl (C=O) groups excluding carboxylic acids is 2. The fraction of sp³-hybridized carbons (Fsp3) is 0.0500. The first-order chi connectivity index (χ1) is 13.1. The Labute approximate surface area is 160 Å². The predicted octanol–water partition coefficient (Wildman–Crippen LogP) is 3.92. The number of rotatable bonds is 6. The third-order valence-corrected chi connectivity index (χ3v) is 4.51. The summed E-state index contributed by atoms with van der Waals surface area (Å²) in [6.45, 7) is 0.1000. The molecule has 0 unspecified atom stereocenters. The Kier molecular flexibility index (Phi) is 5.82. The van der Waals surface area contributed by atoms with E-state index in [9.17, 15) is 9.59 Å². The molecular formula is C20H16N4O2S. The van der Waals surface area contributed by atoms with Crippen LogP contribution < -0.4 is 16.0 Å². The van der Waals surface area contributed by atoms with E-state index in [-0.39, 0.29) is 18.4 Å². The lowest BCUT2D eigenvalue weighted by Crippen LogP contribution is -2.21. The molecule has 134 valence electrons. The molecule has 1 aromatic heterocycles. The van der Waals surface area contributed by atoms with Crippen LogP contribution in [0.4, 0.5) is 17.1 Å². The standard InChI is InChI=1S/C20H16N4O2S/c21-12-14-3-5-15(6-4-14)22-13-19(25)23-16-7-9-17(10-8-16)24-20(26)18-2-1-11-27-18/h1-11,22H,13H2,(H,23,25)(H,24,26). The van der Waals surface area contributed by atoms with Crippen molar-refractivity contribution in [1.82, 2.24) is 0 Å². The zero-order chi connectivity index (χ0) is 19.1. The summed E-state index contributed by atoms with van der Waals surface area (Å²) in [4.78, 5) is 24.7. The van der Waals surface area contributed by atoms with E-state index in [4.69, 9.17) is 5.26 Å². The predicted molar refractivity (Wildman–Crippen MR) is 107 cm³/mol. The molecule has 2 aromatic carbocycles. The maximum absolute atomic E-state index is 12.0. The van der Waals surface area contributed by atoms with Crippen molar-refractivity contribution in [1.29, 1.82) is 5.26 Å². The number of nitriles is 1. The van der Waals surface area contributed by atoms with E-state index in [0.29, 0.717) is 21.8 Å². The molecule has 0 aliphatic heterocycles. The van der Waals surface area contributed by atoms with Crippen LogP contribution in [0, 0.1) is 11.3 Å². The SMILES string of the molecule is N#Cc1ccc(NCC(=O)Nc2ccc(NC(=O)c3cccs3)cc2)cc1. The van der Waals surface area contributed by atoms with Gasteiger partial charge in [0.15, 0.2) is 0 Å². The van der Waals surface area contributed by atoms with Gasteiger partial charge in [0.2, 0.25) is 5.91 Å². The van der Waals surface area contributed by atoms with Crippen LogP contribution in [0.15, 0.2) is 66.0 Å². The molecule has 27 heavy (non-hydrogen) atoms. The second-order valence-electron chi connectivity index (χ2n) is 5.60. The highest BCUT2D eigenvalue weighted by atomic mass is 32.1. The summed E-state index contributed by atoms with van der Waals surface area (Å²) in [6, 6.07) is 19.4. The zero-order valence-corrected chi connectivity index (χ0v) is 15.0. The molecule has 6 nitrogen and oxygen atoms in total. The normalized spacial score (nSPS) is 9.89. The van der Waals surface area contributed by atoms with Crippen LogP contribution in [-0.4, -0.2) is 18.4 Å². The van der Waals surface area contributed by atoms with Crippen LogP contribution in [-0.2, 0) is 4.79 Å². The molecule has 0 saturated carbocycles. The second kappa shape index (κ2) is 8.65. The van der Waals surface area contributed by atoms with Crippen LogP contribution >= 0.6 is 11.3 Å². The van der Waals surface area contributed by atoms with E-state index in [1.165, 1.54) is 11.3 Å². The quantitative estimate of drug-likeness (QED) is 0.608. The van der Waals surface area contributed by atoms with Gasteiger partial charge in [-0.2, -0.15) is 5.26 Å². The van der Waals surface area contributed by atoms with Crippen molar-refractivity contribution in [2.24, 2.45) is 0 Å². The Morgan fingerprint density at radius 3 is 2.11 bits per heavy atom. The highest BCUT2D eigenvalue weighted by Crippen LogP contribution is 2.16. The lowest BCUT2D eigenvalue weighted by Gasteiger charge is -2.09. The average molecular weight is 376 g/mol. The fourth-order valence-electron chi connectivity index (χ4n) is 2.29. The lowest BCUT2D eigenvalue weighted by atomic mass is 10.2. The number of nitrogens with zero attached hydrogens (tertiary/aromatic N) is 1. The van der Waals surface area contributed by atoms with Gasteiger partial charge >= 0.3 is 0 Å². The molecule has 0 spiro atoms. The van der Waals surface area contributed by atoms with Crippen LogP contribution in [0.3, 0.4) is 0 Å². The van der Waals surface area contributed by atoms with Gasteiger partial charge in [-0.25, -0.2) is 0 Å². The Morgan fingerprint density at radius 1 is 0.889 bits per heavy atom. The average Bonchev–Trinajstić information content (AvgIpc) is 3.23. The summed E-state index contributed by atoms with van der Waals surface area (Å²) in [5, 5.41) is 19.2. The Balaban J connectivity index is 1.49. The number of carbonyl (C=O) groups is 2. The number of thiophene rings is 1. The number of nitrogens with one attached hydrogen (secondary N) is 3. The molecule has 0 aliphatic rings. The molecule has 0 radical (unpaired) electrons. The molecule has 2 amide bonds. The third kappa shape index (κ3) is 5.17. The zero-order valence-electron chi connectivity index (χ0n) is 14.2. The van der Waals surface area contributed by atoms with Gasteiger partial charge in [0, 0.05) is 17.1 Å². The summed E-state index contributed by atoms with van der Waals surface area (Å²) in [5.74, 6) is -0.358. The highest BCUT2D eigenvalue weighted by Gasteiger charge is 2.07. The number of amides is 2. The monoisotopic (exact) mass is 376 g/mol. The minimum Gasteiger partial charge on any atom is -0.376 e. The van der Waals surface area contributed by atoms with Crippen molar-refractivity contribution < 1.29 is 9.59 Å². The van der Waals surface area contributed by atoms with Crippen molar-refractivity contribution in [2.45, 2.75) is 0 Å². The Hall–Kier alpha value is -3.63. The minimum atomic E-state index is -0.199.